The standard InChI is InChI=1S/C13H12N2O4/c1-10(8-14)9-19-13(16)7-4-11-2-5-12(6-3-11)15(17)18/h2-7,10H,9H2,1H3/b7-4+. The molecule has 1 rings (SSSR count). The van der Waals surface area contributed by atoms with Crippen LogP contribution in [0, 0.1) is 27.4 Å². The maximum absolute atomic E-state index is 11.3. The van der Waals surface area contributed by atoms with E-state index in [1.165, 1.54) is 36.4 Å². The minimum atomic E-state index is -0.555. The highest BCUT2D eigenvalue weighted by molar-refractivity contribution is 5.87. The number of esters is 1. The Kier molecular flexibility index (Phi) is 5.23. The van der Waals surface area contributed by atoms with Crippen LogP contribution >= 0.6 is 0 Å². The van der Waals surface area contributed by atoms with Gasteiger partial charge in [0.25, 0.3) is 5.69 Å². The lowest BCUT2D eigenvalue weighted by molar-refractivity contribution is -0.384. The van der Waals surface area contributed by atoms with Crippen LogP contribution in [0.3, 0.4) is 0 Å². The second kappa shape index (κ2) is 6.91. The van der Waals surface area contributed by atoms with Gasteiger partial charge in [0.15, 0.2) is 0 Å². The molecule has 0 aliphatic carbocycles. The summed E-state index contributed by atoms with van der Waals surface area (Å²) < 4.78 is 4.82. The first kappa shape index (κ1) is 14.4. The molecule has 1 unspecified atom stereocenters. The van der Waals surface area contributed by atoms with Crippen LogP contribution in [-0.4, -0.2) is 17.5 Å². The van der Waals surface area contributed by atoms with Gasteiger partial charge in [-0.05, 0) is 30.7 Å². The summed E-state index contributed by atoms with van der Waals surface area (Å²) in [7, 11) is 0. The molecule has 98 valence electrons. The van der Waals surface area contributed by atoms with E-state index >= 15 is 0 Å². The third kappa shape index (κ3) is 5.00. The molecule has 0 fully saturated rings. The molecule has 0 heterocycles. The van der Waals surface area contributed by atoms with Gasteiger partial charge < -0.3 is 4.74 Å². The van der Waals surface area contributed by atoms with Gasteiger partial charge in [0, 0.05) is 18.2 Å². The summed E-state index contributed by atoms with van der Waals surface area (Å²) in [5.74, 6) is -0.905. The Labute approximate surface area is 110 Å². The molecule has 1 atom stereocenters. The molecule has 0 spiro atoms. The van der Waals surface area contributed by atoms with Gasteiger partial charge in [-0.15, -0.1) is 0 Å². The zero-order chi connectivity index (χ0) is 14.3. The van der Waals surface area contributed by atoms with Crippen molar-refractivity contribution in [2.45, 2.75) is 6.92 Å². The first-order valence-corrected chi connectivity index (χ1v) is 5.52. The Bertz CT molecular complexity index is 529. The van der Waals surface area contributed by atoms with Crippen LogP contribution in [0.15, 0.2) is 30.3 Å². The van der Waals surface area contributed by atoms with Crippen molar-refractivity contribution in [1.82, 2.24) is 0 Å². The van der Waals surface area contributed by atoms with Gasteiger partial charge in [-0.2, -0.15) is 5.26 Å². The van der Waals surface area contributed by atoms with Crippen molar-refractivity contribution < 1.29 is 14.5 Å². The molecule has 19 heavy (non-hydrogen) atoms. The average Bonchev–Trinajstić information content (AvgIpc) is 2.42. The van der Waals surface area contributed by atoms with Crippen molar-refractivity contribution >= 4 is 17.7 Å². The molecule has 1 aromatic carbocycles. The Hall–Kier alpha value is -2.68. The number of carbonyl (C=O) groups excluding carboxylic acids is 1. The van der Waals surface area contributed by atoms with Crippen LogP contribution in [0.2, 0.25) is 0 Å². The molecule has 0 bridgehead atoms. The average molecular weight is 260 g/mol. The molecule has 0 aliphatic heterocycles. The van der Waals surface area contributed by atoms with E-state index in [0.717, 1.165) is 0 Å². The number of non-ortho nitro benzene ring substituents is 1. The van der Waals surface area contributed by atoms with E-state index in [2.05, 4.69) is 0 Å². The summed E-state index contributed by atoms with van der Waals surface area (Å²) >= 11 is 0. The number of nitro benzene ring substituents is 1. The van der Waals surface area contributed by atoms with Gasteiger partial charge in [0.2, 0.25) is 0 Å². The predicted molar refractivity (Wildman–Crippen MR) is 67.9 cm³/mol. The van der Waals surface area contributed by atoms with Crippen molar-refractivity contribution in [3.63, 3.8) is 0 Å². The van der Waals surface area contributed by atoms with Crippen molar-refractivity contribution in [2.75, 3.05) is 6.61 Å². The fourth-order valence-corrected chi connectivity index (χ4v) is 1.16. The minimum Gasteiger partial charge on any atom is -0.461 e. The number of hydrogen-bond acceptors (Lipinski definition) is 5. The van der Waals surface area contributed by atoms with Crippen LogP contribution in [0.1, 0.15) is 12.5 Å². The van der Waals surface area contributed by atoms with Crippen molar-refractivity contribution in [3.05, 3.63) is 46.0 Å². The number of carbonyl (C=O) groups is 1. The largest absolute Gasteiger partial charge is 0.461 e. The lowest BCUT2D eigenvalue weighted by Gasteiger charge is -2.02. The maximum atomic E-state index is 11.3. The molecule has 0 saturated heterocycles. The second-order valence-electron chi connectivity index (χ2n) is 3.84. The smallest absolute Gasteiger partial charge is 0.330 e. The summed E-state index contributed by atoms with van der Waals surface area (Å²) in [6, 6.07) is 7.70. The van der Waals surface area contributed by atoms with Crippen LogP contribution < -0.4 is 0 Å². The summed E-state index contributed by atoms with van der Waals surface area (Å²) in [5, 5.41) is 19.0. The minimum absolute atomic E-state index is 0.0115. The number of hydrogen-bond donors (Lipinski definition) is 0. The fraction of sp³-hybridized carbons (Fsp3) is 0.231. The normalized spacial score (nSPS) is 11.8. The number of nitro groups is 1. The summed E-state index contributed by atoms with van der Waals surface area (Å²) in [4.78, 5) is 21.2. The first-order valence-electron chi connectivity index (χ1n) is 5.52. The third-order valence-electron chi connectivity index (χ3n) is 2.21. The van der Waals surface area contributed by atoms with E-state index in [1.54, 1.807) is 6.92 Å². The Morgan fingerprint density at radius 3 is 2.68 bits per heavy atom. The van der Waals surface area contributed by atoms with Crippen molar-refractivity contribution in [3.8, 4) is 6.07 Å². The topological polar surface area (TPSA) is 93.2 Å². The number of nitriles is 1. The molecule has 0 aromatic heterocycles. The van der Waals surface area contributed by atoms with Crippen LogP contribution in [0.25, 0.3) is 6.08 Å². The zero-order valence-electron chi connectivity index (χ0n) is 10.3. The SMILES string of the molecule is CC(C#N)COC(=O)/C=C/c1ccc([N+](=O)[O-])cc1. The van der Waals surface area contributed by atoms with E-state index < -0.39 is 10.9 Å². The summed E-state index contributed by atoms with van der Waals surface area (Å²) in [6.07, 6.45) is 2.70. The van der Waals surface area contributed by atoms with Crippen LogP contribution in [0.4, 0.5) is 5.69 Å². The molecular formula is C13H12N2O4. The van der Waals surface area contributed by atoms with Gasteiger partial charge in [0.05, 0.1) is 16.9 Å². The molecule has 6 nitrogen and oxygen atoms in total. The van der Waals surface area contributed by atoms with Gasteiger partial charge >= 0.3 is 5.97 Å². The number of benzene rings is 1. The Morgan fingerprint density at radius 1 is 1.53 bits per heavy atom. The van der Waals surface area contributed by atoms with Gasteiger partial charge in [-0.3, -0.25) is 10.1 Å². The molecule has 0 N–H and O–H groups in total. The summed E-state index contributed by atoms with van der Waals surface area (Å²) in [5.41, 5.74) is 0.637. The lowest BCUT2D eigenvalue weighted by atomic mass is 10.2. The van der Waals surface area contributed by atoms with Gasteiger partial charge in [-0.25, -0.2) is 4.79 Å². The van der Waals surface area contributed by atoms with E-state index in [4.69, 9.17) is 10.00 Å². The Balaban J connectivity index is 2.54. The molecule has 0 radical (unpaired) electrons. The monoisotopic (exact) mass is 260 g/mol. The molecular weight excluding hydrogens is 248 g/mol. The van der Waals surface area contributed by atoms with Crippen LogP contribution in [-0.2, 0) is 9.53 Å². The Morgan fingerprint density at radius 2 is 2.16 bits per heavy atom. The molecule has 0 aliphatic rings. The van der Waals surface area contributed by atoms with E-state index in [9.17, 15) is 14.9 Å². The highest BCUT2D eigenvalue weighted by Gasteiger charge is 2.04. The first-order chi connectivity index (χ1) is 9.02. The van der Waals surface area contributed by atoms with Crippen LogP contribution in [0.5, 0.6) is 0 Å². The van der Waals surface area contributed by atoms with Gasteiger partial charge in [0.1, 0.15) is 6.61 Å². The quantitative estimate of drug-likeness (QED) is 0.350. The van der Waals surface area contributed by atoms with E-state index in [1.807, 2.05) is 6.07 Å². The van der Waals surface area contributed by atoms with Crippen molar-refractivity contribution in [2.24, 2.45) is 5.92 Å². The highest BCUT2D eigenvalue weighted by Crippen LogP contribution is 2.12. The summed E-state index contributed by atoms with van der Waals surface area (Å²) in [6.45, 7) is 1.69. The molecule has 6 heteroatoms. The third-order valence-corrected chi connectivity index (χ3v) is 2.21. The second-order valence-corrected chi connectivity index (χ2v) is 3.84. The maximum Gasteiger partial charge on any atom is 0.330 e. The van der Waals surface area contributed by atoms with E-state index in [-0.39, 0.29) is 18.2 Å². The number of nitrogens with zero attached hydrogens (tertiary/aromatic N) is 2. The molecule has 0 amide bonds. The van der Waals surface area contributed by atoms with Crippen molar-refractivity contribution in [1.29, 1.82) is 5.26 Å². The van der Waals surface area contributed by atoms with E-state index in [0.29, 0.717) is 5.56 Å². The lowest BCUT2D eigenvalue weighted by Crippen LogP contribution is -2.08. The number of rotatable bonds is 5. The zero-order valence-corrected chi connectivity index (χ0v) is 10.3. The molecule has 1 aromatic rings. The fourth-order valence-electron chi connectivity index (χ4n) is 1.16. The van der Waals surface area contributed by atoms with Gasteiger partial charge in [-0.1, -0.05) is 0 Å². The molecule has 0 saturated carbocycles. The highest BCUT2D eigenvalue weighted by atomic mass is 16.6. The predicted octanol–water partition coefficient (Wildman–Crippen LogP) is 2.31. The number of ether oxygens (including phenoxy) is 1.